The number of nitrogens with zero attached hydrogens (tertiary/aromatic N) is 2. The van der Waals surface area contributed by atoms with Crippen LogP contribution in [0.25, 0.3) is 0 Å². The van der Waals surface area contributed by atoms with Crippen LogP contribution in [0.2, 0.25) is 0 Å². The third-order valence-electron chi connectivity index (χ3n) is 2.56. The monoisotopic (exact) mass is 411 g/mol. The minimum absolute atomic E-state index is 0.201. The molecule has 108 valence electrons. The van der Waals surface area contributed by atoms with E-state index in [1.165, 1.54) is 17.3 Å². The van der Waals surface area contributed by atoms with Crippen molar-refractivity contribution in [2.45, 2.75) is 5.75 Å². The van der Waals surface area contributed by atoms with E-state index in [0.29, 0.717) is 5.17 Å². The lowest BCUT2D eigenvalue weighted by Gasteiger charge is -2.00. The molecule has 0 saturated heterocycles. The highest BCUT2D eigenvalue weighted by molar-refractivity contribution is 14.1. The molecule has 0 aromatic heterocycles. The van der Waals surface area contributed by atoms with Crippen molar-refractivity contribution < 1.29 is 5.11 Å². The van der Waals surface area contributed by atoms with Crippen molar-refractivity contribution in [2.24, 2.45) is 15.9 Å². The lowest BCUT2D eigenvalue weighted by Crippen LogP contribution is -2.06. The van der Waals surface area contributed by atoms with Gasteiger partial charge in [0.2, 0.25) is 0 Å². The van der Waals surface area contributed by atoms with Crippen LogP contribution in [0.15, 0.2) is 58.7 Å². The van der Waals surface area contributed by atoms with Crippen molar-refractivity contribution in [3.63, 3.8) is 0 Å². The van der Waals surface area contributed by atoms with Gasteiger partial charge in [-0.1, -0.05) is 42.1 Å². The third-order valence-corrected chi connectivity index (χ3v) is 4.40. The van der Waals surface area contributed by atoms with Crippen molar-refractivity contribution >= 4 is 45.7 Å². The Morgan fingerprint density at radius 2 is 2.00 bits per heavy atom. The first-order valence-corrected chi connectivity index (χ1v) is 8.23. The number of hydrogen-bond acceptors (Lipinski definition) is 4. The molecule has 0 saturated carbocycles. The molecule has 21 heavy (non-hydrogen) atoms. The number of hydrogen-bond donors (Lipinski definition) is 2. The highest BCUT2D eigenvalue weighted by Crippen LogP contribution is 2.17. The predicted octanol–water partition coefficient (Wildman–Crippen LogP) is 3.58. The Bertz CT molecular complexity index is 659. The molecule has 0 atom stereocenters. The van der Waals surface area contributed by atoms with E-state index < -0.39 is 0 Å². The average Bonchev–Trinajstić information content (AvgIpc) is 2.50. The number of benzene rings is 2. The molecule has 0 heterocycles. The Labute approximate surface area is 141 Å². The van der Waals surface area contributed by atoms with Gasteiger partial charge < -0.3 is 10.8 Å². The number of phenolic OH excluding ortho intramolecular Hbond substituents is 1. The maximum absolute atomic E-state index is 9.43. The van der Waals surface area contributed by atoms with Gasteiger partial charge in [-0.2, -0.15) is 5.10 Å². The van der Waals surface area contributed by atoms with Crippen molar-refractivity contribution in [2.75, 3.05) is 0 Å². The highest BCUT2D eigenvalue weighted by atomic mass is 127. The lowest BCUT2D eigenvalue weighted by molar-refractivity contribution is 0.475. The molecule has 0 amide bonds. The molecule has 0 aliphatic heterocycles. The topological polar surface area (TPSA) is 71.0 Å². The van der Waals surface area contributed by atoms with E-state index in [9.17, 15) is 5.11 Å². The molecule has 2 aromatic carbocycles. The Balaban J connectivity index is 1.93. The normalized spacial score (nSPS) is 12.0. The molecule has 0 aliphatic carbocycles. The Morgan fingerprint density at radius 1 is 1.24 bits per heavy atom. The standard InChI is InChI=1S/C15H14IN3OS/c16-14-7-6-13(20)8-12(14)9-18-19-15(17)21-10-11-4-2-1-3-5-11/h1-9,20H,10H2,(H2,17,19). The first kappa shape index (κ1) is 15.8. The first-order valence-electron chi connectivity index (χ1n) is 6.17. The summed E-state index contributed by atoms with van der Waals surface area (Å²) < 4.78 is 0.986. The van der Waals surface area contributed by atoms with Crippen LogP contribution in [-0.2, 0) is 5.75 Å². The maximum atomic E-state index is 9.43. The second kappa shape index (κ2) is 8.04. The van der Waals surface area contributed by atoms with E-state index in [1.807, 2.05) is 36.4 Å². The van der Waals surface area contributed by atoms with Crippen molar-refractivity contribution in [3.8, 4) is 5.75 Å². The fourth-order valence-electron chi connectivity index (χ4n) is 1.54. The zero-order valence-electron chi connectivity index (χ0n) is 11.1. The molecule has 2 rings (SSSR count). The SMILES string of the molecule is NC(=NN=Cc1cc(O)ccc1I)SCc1ccccc1. The van der Waals surface area contributed by atoms with Gasteiger partial charge in [-0.3, -0.25) is 0 Å². The Kier molecular flexibility index (Phi) is 6.06. The second-order valence-corrected chi connectivity index (χ2v) is 6.32. The van der Waals surface area contributed by atoms with E-state index in [-0.39, 0.29) is 5.75 Å². The van der Waals surface area contributed by atoms with Crippen LogP contribution in [0.1, 0.15) is 11.1 Å². The zero-order chi connectivity index (χ0) is 15.1. The molecule has 6 heteroatoms. The van der Waals surface area contributed by atoms with Gasteiger partial charge in [-0.05, 0) is 46.4 Å². The van der Waals surface area contributed by atoms with Crippen LogP contribution in [0.3, 0.4) is 0 Å². The quantitative estimate of drug-likeness (QED) is 0.350. The summed E-state index contributed by atoms with van der Waals surface area (Å²) in [5.74, 6) is 0.960. The van der Waals surface area contributed by atoms with Crippen LogP contribution in [0.4, 0.5) is 0 Å². The molecule has 0 unspecified atom stereocenters. The molecule has 0 aliphatic rings. The van der Waals surface area contributed by atoms with Gasteiger partial charge in [0.1, 0.15) is 5.75 Å². The zero-order valence-corrected chi connectivity index (χ0v) is 14.1. The van der Waals surface area contributed by atoms with Crippen LogP contribution >= 0.6 is 34.4 Å². The first-order chi connectivity index (χ1) is 10.1. The summed E-state index contributed by atoms with van der Waals surface area (Å²) >= 11 is 3.61. The van der Waals surface area contributed by atoms with Crippen LogP contribution in [0, 0.1) is 3.57 Å². The molecular weight excluding hydrogens is 397 g/mol. The van der Waals surface area contributed by atoms with Gasteiger partial charge in [-0.15, -0.1) is 5.10 Å². The third kappa shape index (κ3) is 5.39. The van der Waals surface area contributed by atoms with E-state index in [1.54, 1.807) is 18.3 Å². The maximum Gasteiger partial charge on any atom is 0.180 e. The fourth-order valence-corrected chi connectivity index (χ4v) is 2.63. The summed E-state index contributed by atoms with van der Waals surface area (Å²) in [6.45, 7) is 0. The number of thioether (sulfide) groups is 1. The summed E-state index contributed by atoms with van der Waals surface area (Å²) in [4.78, 5) is 0. The number of halogens is 1. The van der Waals surface area contributed by atoms with Crippen molar-refractivity contribution in [1.82, 2.24) is 0 Å². The Hall–Kier alpha value is -1.54. The fraction of sp³-hybridized carbons (Fsp3) is 0.0667. The largest absolute Gasteiger partial charge is 0.508 e. The summed E-state index contributed by atoms with van der Waals surface area (Å²) in [6, 6.07) is 15.1. The minimum atomic E-state index is 0.201. The molecule has 0 fully saturated rings. The second-order valence-electron chi connectivity index (χ2n) is 4.16. The summed E-state index contributed by atoms with van der Waals surface area (Å²) in [5, 5.41) is 17.7. The number of nitrogens with two attached hydrogens (primary N) is 1. The minimum Gasteiger partial charge on any atom is -0.508 e. The Morgan fingerprint density at radius 3 is 2.76 bits per heavy atom. The van der Waals surface area contributed by atoms with E-state index >= 15 is 0 Å². The predicted molar refractivity (Wildman–Crippen MR) is 97.8 cm³/mol. The van der Waals surface area contributed by atoms with E-state index in [0.717, 1.165) is 14.9 Å². The molecule has 3 N–H and O–H groups in total. The summed E-state index contributed by atoms with van der Waals surface area (Å²) in [6.07, 6.45) is 1.58. The average molecular weight is 411 g/mol. The number of amidine groups is 1. The molecule has 0 radical (unpaired) electrons. The highest BCUT2D eigenvalue weighted by Gasteiger charge is 1.98. The molecular formula is C15H14IN3OS. The molecule has 4 nitrogen and oxygen atoms in total. The van der Waals surface area contributed by atoms with Gasteiger partial charge in [0.05, 0.1) is 6.21 Å². The summed E-state index contributed by atoms with van der Waals surface area (Å²) in [7, 11) is 0. The van der Waals surface area contributed by atoms with Gasteiger partial charge in [0.15, 0.2) is 5.17 Å². The van der Waals surface area contributed by atoms with Gasteiger partial charge >= 0.3 is 0 Å². The van der Waals surface area contributed by atoms with Crippen molar-refractivity contribution in [1.29, 1.82) is 0 Å². The van der Waals surface area contributed by atoms with Crippen LogP contribution < -0.4 is 5.73 Å². The van der Waals surface area contributed by atoms with Gasteiger partial charge in [0, 0.05) is 14.9 Å². The van der Waals surface area contributed by atoms with Crippen LogP contribution in [-0.4, -0.2) is 16.5 Å². The summed E-state index contributed by atoms with van der Waals surface area (Å²) in [5.41, 5.74) is 7.79. The molecule has 0 bridgehead atoms. The number of phenols is 1. The van der Waals surface area contributed by atoms with E-state index in [4.69, 9.17) is 5.73 Å². The molecule has 2 aromatic rings. The van der Waals surface area contributed by atoms with Crippen molar-refractivity contribution in [3.05, 3.63) is 63.2 Å². The molecule has 0 spiro atoms. The lowest BCUT2D eigenvalue weighted by atomic mass is 10.2. The smallest absolute Gasteiger partial charge is 0.180 e. The number of aromatic hydroxyl groups is 1. The van der Waals surface area contributed by atoms with Crippen LogP contribution in [0.5, 0.6) is 5.75 Å². The van der Waals surface area contributed by atoms with Gasteiger partial charge in [-0.25, -0.2) is 0 Å². The van der Waals surface area contributed by atoms with E-state index in [2.05, 4.69) is 32.8 Å². The number of rotatable bonds is 4. The van der Waals surface area contributed by atoms with Gasteiger partial charge in [0.25, 0.3) is 0 Å².